The molecular formula is C23H25F2N5O3. The van der Waals surface area contributed by atoms with Crippen molar-refractivity contribution in [1.82, 2.24) is 20.5 Å². The van der Waals surface area contributed by atoms with Crippen LogP contribution < -0.4 is 15.5 Å². The average molecular weight is 457 g/mol. The van der Waals surface area contributed by atoms with Crippen molar-refractivity contribution in [3.05, 3.63) is 71.1 Å². The lowest BCUT2D eigenvalue weighted by molar-refractivity contribution is -0.139. The zero-order valence-electron chi connectivity index (χ0n) is 18.2. The maximum atomic E-state index is 13.9. The maximum Gasteiger partial charge on any atom is 0.338 e. The van der Waals surface area contributed by atoms with Gasteiger partial charge in [-0.05, 0) is 36.8 Å². The van der Waals surface area contributed by atoms with Gasteiger partial charge in [0, 0.05) is 44.6 Å². The Morgan fingerprint density at radius 1 is 1.15 bits per heavy atom. The van der Waals surface area contributed by atoms with Gasteiger partial charge in [-0.25, -0.2) is 23.4 Å². The van der Waals surface area contributed by atoms with E-state index in [2.05, 4.69) is 25.4 Å². The molecule has 0 spiro atoms. The highest BCUT2D eigenvalue weighted by atomic mass is 19.2. The molecule has 0 unspecified atom stereocenters. The smallest absolute Gasteiger partial charge is 0.338 e. The van der Waals surface area contributed by atoms with Crippen molar-refractivity contribution in [2.24, 2.45) is 0 Å². The van der Waals surface area contributed by atoms with E-state index >= 15 is 0 Å². The normalized spacial score (nSPS) is 19.2. The molecule has 3 heterocycles. The molecule has 2 aromatic rings. The predicted octanol–water partition coefficient (Wildman–Crippen LogP) is 2.35. The van der Waals surface area contributed by atoms with E-state index < -0.39 is 29.7 Å². The molecule has 0 bridgehead atoms. The number of amides is 2. The van der Waals surface area contributed by atoms with Gasteiger partial charge in [0.1, 0.15) is 5.82 Å². The molecule has 1 saturated heterocycles. The number of carbonyl (C=O) groups is 2. The van der Waals surface area contributed by atoms with Crippen molar-refractivity contribution >= 4 is 17.8 Å². The van der Waals surface area contributed by atoms with E-state index in [9.17, 15) is 18.4 Å². The number of nitrogens with zero attached hydrogens (tertiary/aromatic N) is 3. The Morgan fingerprint density at radius 3 is 2.61 bits per heavy atom. The molecule has 2 aliphatic heterocycles. The third-order valence-corrected chi connectivity index (χ3v) is 5.65. The number of urea groups is 1. The maximum absolute atomic E-state index is 13.9. The molecule has 1 aromatic carbocycles. The van der Waals surface area contributed by atoms with Gasteiger partial charge in [0.25, 0.3) is 0 Å². The zero-order chi connectivity index (χ0) is 23.4. The number of esters is 1. The summed E-state index contributed by atoms with van der Waals surface area (Å²) in [6.45, 7) is 4.96. The Morgan fingerprint density at radius 2 is 1.94 bits per heavy atom. The standard InChI is InChI=1S/C23H25F2N5O3/c1-2-33-22(31)20-18(14-29-9-11-30(12-10-29)19-5-3-4-8-26-19)27-23(32)28-21(20)15-6-7-16(24)17(25)13-15/h3-8,13,21H,2,9-12,14H2,1H3,(H2,27,28,32)/t21-/m0/s1. The number of piperazine rings is 1. The molecular weight excluding hydrogens is 432 g/mol. The Hall–Kier alpha value is -3.53. The average Bonchev–Trinajstić information content (AvgIpc) is 2.81. The Bertz CT molecular complexity index is 1060. The molecule has 8 nitrogen and oxygen atoms in total. The lowest BCUT2D eigenvalue weighted by atomic mass is 9.94. The second-order valence-electron chi connectivity index (χ2n) is 7.77. The molecule has 2 aliphatic rings. The van der Waals surface area contributed by atoms with Crippen LogP contribution in [0.2, 0.25) is 0 Å². The summed E-state index contributed by atoms with van der Waals surface area (Å²) in [5.41, 5.74) is 0.817. The number of aromatic nitrogens is 1. The molecule has 10 heteroatoms. The number of benzene rings is 1. The Labute approximate surface area is 190 Å². The number of hydrogen-bond acceptors (Lipinski definition) is 6. The molecule has 0 radical (unpaired) electrons. The minimum Gasteiger partial charge on any atom is -0.463 e. The van der Waals surface area contributed by atoms with Crippen LogP contribution in [0.25, 0.3) is 0 Å². The fraction of sp³-hybridized carbons (Fsp3) is 0.348. The third-order valence-electron chi connectivity index (χ3n) is 5.65. The highest BCUT2D eigenvalue weighted by Gasteiger charge is 2.35. The van der Waals surface area contributed by atoms with E-state index in [-0.39, 0.29) is 17.7 Å². The fourth-order valence-electron chi connectivity index (χ4n) is 4.03. The van der Waals surface area contributed by atoms with Crippen LogP contribution in [0.15, 0.2) is 53.9 Å². The summed E-state index contributed by atoms with van der Waals surface area (Å²) in [5, 5.41) is 5.35. The van der Waals surface area contributed by atoms with E-state index in [4.69, 9.17) is 4.74 Å². The summed E-state index contributed by atoms with van der Waals surface area (Å²) in [4.78, 5) is 33.9. The monoisotopic (exact) mass is 457 g/mol. The summed E-state index contributed by atoms with van der Waals surface area (Å²) in [5.74, 6) is -1.79. The summed E-state index contributed by atoms with van der Waals surface area (Å²) in [6, 6.07) is 7.57. The minimum absolute atomic E-state index is 0.136. The molecule has 2 N–H and O–H groups in total. The summed E-state index contributed by atoms with van der Waals surface area (Å²) in [7, 11) is 0. The second kappa shape index (κ2) is 9.95. The van der Waals surface area contributed by atoms with E-state index in [0.717, 1.165) is 31.0 Å². The van der Waals surface area contributed by atoms with Gasteiger partial charge in [0.05, 0.1) is 18.2 Å². The molecule has 4 rings (SSSR count). The van der Waals surface area contributed by atoms with Crippen molar-refractivity contribution in [3.63, 3.8) is 0 Å². The van der Waals surface area contributed by atoms with Crippen LogP contribution in [0, 0.1) is 11.6 Å². The molecule has 0 saturated carbocycles. The van der Waals surface area contributed by atoms with Crippen LogP contribution in [0.3, 0.4) is 0 Å². The number of nitrogens with one attached hydrogen (secondary N) is 2. The Balaban J connectivity index is 1.58. The van der Waals surface area contributed by atoms with Crippen LogP contribution in [0.5, 0.6) is 0 Å². The largest absolute Gasteiger partial charge is 0.463 e. The number of ether oxygens (including phenoxy) is 1. The van der Waals surface area contributed by atoms with Crippen molar-refractivity contribution in [2.75, 3.05) is 44.2 Å². The van der Waals surface area contributed by atoms with E-state index in [0.29, 0.717) is 25.3 Å². The van der Waals surface area contributed by atoms with Crippen LogP contribution in [-0.4, -0.2) is 61.2 Å². The first-order valence-corrected chi connectivity index (χ1v) is 10.8. The number of anilines is 1. The van der Waals surface area contributed by atoms with Crippen molar-refractivity contribution in [2.45, 2.75) is 13.0 Å². The van der Waals surface area contributed by atoms with Crippen LogP contribution in [-0.2, 0) is 9.53 Å². The van der Waals surface area contributed by atoms with Crippen molar-refractivity contribution in [3.8, 4) is 0 Å². The van der Waals surface area contributed by atoms with Crippen molar-refractivity contribution in [1.29, 1.82) is 0 Å². The van der Waals surface area contributed by atoms with Gasteiger partial charge in [-0.15, -0.1) is 0 Å². The first kappa shape index (κ1) is 22.7. The molecule has 1 atom stereocenters. The van der Waals surface area contributed by atoms with Gasteiger partial charge >= 0.3 is 12.0 Å². The summed E-state index contributed by atoms with van der Waals surface area (Å²) >= 11 is 0. The fourth-order valence-corrected chi connectivity index (χ4v) is 4.03. The quantitative estimate of drug-likeness (QED) is 0.648. The molecule has 0 aliphatic carbocycles. The molecule has 1 aromatic heterocycles. The topological polar surface area (TPSA) is 86.8 Å². The lowest BCUT2D eigenvalue weighted by Crippen LogP contribution is -2.52. The number of carbonyl (C=O) groups excluding carboxylic acids is 2. The summed E-state index contributed by atoms with van der Waals surface area (Å²) in [6.07, 6.45) is 1.75. The first-order valence-electron chi connectivity index (χ1n) is 10.8. The summed E-state index contributed by atoms with van der Waals surface area (Å²) < 4.78 is 32.6. The van der Waals surface area contributed by atoms with Gasteiger partial charge in [-0.3, -0.25) is 4.90 Å². The second-order valence-corrected chi connectivity index (χ2v) is 7.77. The zero-order valence-corrected chi connectivity index (χ0v) is 18.2. The molecule has 2 amide bonds. The van der Waals surface area contributed by atoms with Gasteiger partial charge < -0.3 is 20.3 Å². The number of rotatable bonds is 6. The van der Waals surface area contributed by atoms with Crippen molar-refractivity contribution < 1.29 is 23.1 Å². The van der Waals surface area contributed by atoms with Gasteiger partial charge in [0.2, 0.25) is 0 Å². The lowest BCUT2D eigenvalue weighted by Gasteiger charge is -2.37. The molecule has 1 fully saturated rings. The van der Waals surface area contributed by atoms with Crippen LogP contribution in [0.1, 0.15) is 18.5 Å². The number of halogens is 2. The highest BCUT2D eigenvalue weighted by molar-refractivity contribution is 5.95. The van der Waals surface area contributed by atoms with Gasteiger partial charge in [0.15, 0.2) is 11.6 Å². The highest BCUT2D eigenvalue weighted by Crippen LogP contribution is 2.29. The minimum atomic E-state index is -1.06. The third kappa shape index (κ3) is 5.11. The molecule has 33 heavy (non-hydrogen) atoms. The number of hydrogen-bond donors (Lipinski definition) is 2. The van der Waals surface area contributed by atoms with Crippen LogP contribution in [0.4, 0.5) is 19.4 Å². The molecule has 174 valence electrons. The Kier molecular flexibility index (Phi) is 6.83. The van der Waals surface area contributed by atoms with E-state index in [1.54, 1.807) is 13.1 Å². The first-order chi connectivity index (χ1) is 16.0. The van der Waals surface area contributed by atoms with E-state index in [1.165, 1.54) is 6.07 Å². The number of pyridine rings is 1. The van der Waals surface area contributed by atoms with Crippen LogP contribution >= 0.6 is 0 Å². The SMILES string of the molecule is CCOC(=O)C1=C(CN2CCN(c3ccccn3)CC2)NC(=O)N[C@H]1c1ccc(F)c(F)c1. The van der Waals surface area contributed by atoms with Gasteiger partial charge in [-0.1, -0.05) is 12.1 Å². The van der Waals surface area contributed by atoms with Gasteiger partial charge in [-0.2, -0.15) is 0 Å². The predicted molar refractivity (Wildman–Crippen MR) is 117 cm³/mol. The van der Waals surface area contributed by atoms with E-state index in [1.807, 2.05) is 18.2 Å².